The van der Waals surface area contributed by atoms with Crippen LogP contribution >= 0.6 is 0 Å². The molecule has 42 heavy (non-hydrogen) atoms. The van der Waals surface area contributed by atoms with Crippen LogP contribution in [0.2, 0.25) is 0 Å². The topological polar surface area (TPSA) is 96.0 Å². The summed E-state index contributed by atoms with van der Waals surface area (Å²) in [5, 5.41) is 3.14. The van der Waals surface area contributed by atoms with Gasteiger partial charge in [-0.3, -0.25) is 13.9 Å². The minimum atomic E-state index is -4.11. The van der Waals surface area contributed by atoms with Gasteiger partial charge >= 0.3 is 0 Å². The number of carbonyl (C=O) groups is 2. The van der Waals surface area contributed by atoms with E-state index >= 15 is 0 Å². The van der Waals surface area contributed by atoms with Crippen molar-refractivity contribution in [2.75, 3.05) is 24.5 Å². The van der Waals surface area contributed by atoms with Gasteiger partial charge in [0, 0.05) is 12.6 Å². The van der Waals surface area contributed by atoms with Crippen molar-refractivity contribution in [1.29, 1.82) is 0 Å². The molecule has 224 valence electrons. The number of benzene rings is 3. The predicted molar refractivity (Wildman–Crippen MR) is 165 cm³/mol. The fourth-order valence-electron chi connectivity index (χ4n) is 5.38. The third-order valence-electron chi connectivity index (χ3n) is 7.82. The van der Waals surface area contributed by atoms with Crippen LogP contribution in [0.4, 0.5) is 5.69 Å². The predicted octanol–water partition coefficient (Wildman–Crippen LogP) is 5.11. The summed E-state index contributed by atoms with van der Waals surface area (Å²) in [5.41, 5.74) is 2.28. The lowest BCUT2D eigenvalue weighted by molar-refractivity contribution is -0.139. The van der Waals surface area contributed by atoms with Gasteiger partial charge in [-0.15, -0.1) is 0 Å². The molecule has 1 aliphatic rings. The second kappa shape index (κ2) is 14.4. The maximum Gasteiger partial charge on any atom is 0.264 e. The van der Waals surface area contributed by atoms with Gasteiger partial charge in [-0.1, -0.05) is 67.8 Å². The fourth-order valence-corrected chi connectivity index (χ4v) is 6.79. The summed E-state index contributed by atoms with van der Waals surface area (Å²) in [4.78, 5) is 29.3. The number of methoxy groups -OCH3 is 1. The molecule has 0 saturated heterocycles. The standard InChI is InChI=1S/C33H41N3O5S/c1-4-31(33(38)34-27-12-8-9-13-27)35(23-22-26-10-6-5-7-11-26)32(37)24-36(28-16-18-29(41-3)19-17-28)42(39,40)30-20-14-25(2)15-21-30/h5-7,10-11,14-21,27,31H,4,8-9,12-13,22-24H2,1-3H3,(H,34,38)/t31-/m1/s1. The Morgan fingerprint density at radius 2 is 1.60 bits per heavy atom. The fraction of sp³-hybridized carbons (Fsp3) is 0.394. The highest BCUT2D eigenvalue weighted by Crippen LogP contribution is 2.27. The average molecular weight is 592 g/mol. The van der Waals surface area contributed by atoms with Gasteiger partial charge in [-0.2, -0.15) is 0 Å². The third kappa shape index (κ3) is 7.70. The van der Waals surface area contributed by atoms with Crippen LogP contribution in [-0.2, 0) is 26.0 Å². The highest BCUT2D eigenvalue weighted by molar-refractivity contribution is 7.92. The Hall–Kier alpha value is -3.85. The summed E-state index contributed by atoms with van der Waals surface area (Å²) < 4.78 is 34.4. The maximum atomic E-state index is 14.2. The van der Waals surface area contributed by atoms with Gasteiger partial charge in [-0.05, 0) is 74.6 Å². The molecule has 1 saturated carbocycles. The van der Waals surface area contributed by atoms with E-state index in [1.807, 2.05) is 44.2 Å². The first-order valence-corrected chi connectivity index (χ1v) is 16.0. The molecule has 0 unspecified atom stereocenters. The molecule has 0 aliphatic heterocycles. The number of amides is 2. The van der Waals surface area contributed by atoms with Crippen molar-refractivity contribution in [1.82, 2.24) is 10.2 Å². The molecule has 2 amide bonds. The summed E-state index contributed by atoms with van der Waals surface area (Å²) in [6.07, 6.45) is 4.96. The van der Waals surface area contributed by atoms with E-state index in [0.29, 0.717) is 24.3 Å². The molecule has 3 aromatic carbocycles. The van der Waals surface area contributed by atoms with Gasteiger partial charge in [0.25, 0.3) is 10.0 Å². The van der Waals surface area contributed by atoms with Crippen LogP contribution in [0.5, 0.6) is 5.75 Å². The first kappa shape index (κ1) is 31.1. The number of nitrogens with one attached hydrogen (secondary N) is 1. The molecule has 0 aromatic heterocycles. The van der Waals surface area contributed by atoms with Crippen molar-refractivity contribution in [3.63, 3.8) is 0 Å². The molecule has 8 nitrogen and oxygen atoms in total. The summed E-state index contributed by atoms with van der Waals surface area (Å²) in [5.74, 6) is -0.0639. The zero-order chi connectivity index (χ0) is 30.1. The van der Waals surface area contributed by atoms with Crippen LogP contribution in [0.15, 0.2) is 83.8 Å². The van der Waals surface area contributed by atoms with Crippen LogP contribution in [0.3, 0.4) is 0 Å². The Kier molecular flexibility index (Phi) is 10.6. The van der Waals surface area contributed by atoms with Crippen LogP contribution < -0.4 is 14.4 Å². The highest BCUT2D eigenvalue weighted by atomic mass is 32.2. The van der Waals surface area contributed by atoms with Gasteiger partial charge in [0.2, 0.25) is 11.8 Å². The molecular weight excluding hydrogens is 550 g/mol. The van der Waals surface area contributed by atoms with Crippen molar-refractivity contribution in [2.24, 2.45) is 0 Å². The van der Waals surface area contributed by atoms with E-state index < -0.39 is 28.5 Å². The Bertz CT molecular complexity index is 1420. The maximum absolute atomic E-state index is 14.2. The molecule has 0 radical (unpaired) electrons. The number of sulfonamides is 1. The number of hydrogen-bond donors (Lipinski definition) is 1. The number of rotatable bonds is 13. The SMILES string of the molecule is CC[C@H](C(=O)NC1CCCC1)N(CCc1ccccc1)C(=O)CN(c1ccc(OC)cc1)S(=O)(=O)c1ccc(C)cc1. The summed E-state index contributed by atoms with van der Waals surface area (Å²) in [6.45, 7) is 3.59. The van der Waals surface area contributed by atoms with Crippen LogP contribution in [0.25, 0.3) is 0 Å². The first-order valence-electron chi connectivity index (χ1n) is 14.6. The van der Waals surface area contributed by atoms with Gasteiger partial charge in [-0.25, -0.2) is 8.42 Å². The Morgan fingerprint density at radius 3 is 2.19 bits per heavy atom. The largest absolute Gasteiger partial charge is 0.497 e. The number of nitrogens with zero attached hydrogens (tertiary/aromatic N) is 2. The minimum absolute atomic E-state index is 0.0820. The van der Waals surface area contributed by atoms with Gasteiger partial charge < -0.3 is 15.0 Å². The van der Waals surface area contributed by atoms with Crippen LogP contribution in [-0.4, -0.2) is 57.4 Å². The molecule has 1 aliphatic carbocycles. The summed E-state index contributed by atoms with van der Waals surface area (Å²) in [7, 11) is -2.58. The summed E-state index contributed by atoms with van der Waals surface area (Å²) in [6, 6.07) is 22.3. The van der Waals surface area contributed by atoms with E-state index in [2.05, 4.69) is 5.32 Å². The van der Waals surface area contributed by atoms with Gasteiger partial charge in [0.05, 0.1) is 17.7 Å². The number of ether oxygens (including phenoxy) is 1. The van der Waals surface area contributed by atoms with E-state index in [1.165, 1.54) is 7.11 Å². The summed E-state index contributed by atoms with van der Waals surface area (Å²) >= 11 is 0. The molecule has 9 heteroatoms. The van der Waals surface area contributed by atoms with Crippen molar-refractivity contribution < 1.29 is 22.7 Å². The molecule has 0 spiro atoms. The lowest BCUT2D eigenvalue weighted by Gasteiger charge is -2.33. The Balaban J connectivity index is 1.67. The number of anilines is 1. The number of aryl methyl sites for hydroxylation is 1. The molecule has 4 rings (SSSR count). The molecule has 1 N–H and O–H groups in total. The monoisotopic (exact) mass is 591 g/mol. The van der Waals surface area contributed by atoms with E-state index in [9.17, 15) is 18.0 Å². The minimum Gasteiger partial charge on any atom is -0.497 e. The van der Waals surface area contributed by atoms with Gasteiger partial charge in [0.15, 0.2) is 0 Å². The van der Waals surface area contributed by atoms with Crippen molar-refractivity contribution in [2.45, 2.75) is 69.4 Å². The normalized spacial score (nSPS) is 14.3. The lowest BCUT2D eigenvalue weighted by Crippen LogP contribution is -2.54. The van der Waals surface area contributed by atoms with Crippen LogP contribution in [0, 0.1) is 6.92 Å². The Labute approximate surface area is 249 Å². The molecule has 3 aromatic rings. The molecule has 1 fully saturated rings. The molecule has 0 bridgehead atoms. The van der Waals surface area contributed by atoms with Gasteiger partial charge in [0.1, 0.15) is 18.3 Å². The third-order valence-corrected chi connectivity index (χ3v) is 9.61. The Morgan fingerprint density at radius 1 is 0.952 bits per heavy atom. The van der Waals surface area contributed by atoms with E-state index in [4.69, 9.17) is 4.74 Å². The molecule has 1 atom stereocenters. The second-order valence-electron chi connectivity index (χ2n) is 10.8. The zero-order valence-electron chi connectivity index (χ0n) is 24.7. The highest BCUT2D eigenvalue weighted by Gasteiger charge is 2.34. The lowest BCUT2D eigenvalue weighted by atomic mass is 10.1. The zero-order valence-corrected chi connectivity index (χ0v) is 25.5. The smallest absolute Gasteiger partial charge is 0.264 e. The quantitative estimate of drug-likeness (QED) is 0.298. The average Bonchev–Trinajstić information content (AvgIpc) is 3.51. The second-order valence-corrected chi connectivity index (χ2v) is 12.6. The van der Waals surface area contributed by atoms with E-state index in [1.54, 1.807) is 53.4 Å². The number of hydrogen-bond acceptors (Lipinski definition) is 5. The molecule has 0 heterocycles. The van der Waals surface area contributed by atoms with E-state index in [-0.39, 0.29) is 23.4 Å². The first-order chi connectivity index (χ1) is 20.2. The van der Waals surface area contributed by atoms with Crippen molar-refractivity contribution in [3.8, 4) is 5.75 Å². The van der Waals surface area contributed by atoms with Crippen molar-refractivity contribution >= 4 is 27.5 Å². The molecular formula is C33H41N3O5S. The van der Waals surface area contributed by atoms with Crippen molar-refractivity contribution in [3.05, 3.63) is 90.0 Å². The van der Waals surface area contributed by atoms with E-state index in [0.717, 1.165) is 41.1 Å². The van der Waals surface area contributed by atoms with Crippen LogP contribution in [0.1, 0.15) is 50.2 Å². The number of carbonyl (C=O) groups excluding carboxylic acids is 2.